The van der Waals surface area contributed by atoms with Crippen molar-refractivity contribution in [2.45, 2.75) is 64.6 Å². The number of aryl methyl sites for hydroxylation is 1. The van der Waals surface area contributed by atoms with Gasteiger partial charge in [0.25, 0.3) is 0 Å². The molecule has 256 valence electrons. The maximum Gasteiger partial charge on any atom is 0.328 e. The summed E-state index contributed by atoms with van der Waals surface area (Å²) in [6.45, 7) is 5.38. The zero-order valence-corrected chi connectivity index (χ0v) is 28.6. The van der Waals surface area contributed by atoms with Crippen LogP contribution in [0.5, 0.6) is 17.2 Å². The van der Waals surface area contributed by atoms with E-state index in [1.54, 1.807) is 19.2 Å². The maximum atomic E-state index is 13.9. The largest absolute Gasteiger partial charge is 0.493 e. The molecule has 11 nitrogen and oxygen atoms in total. The monoisotopic (exact) mass is 659 g/mol. The van der Waals surface area contributed by atoms with Gasteiger partial charge in [-0.05, 0) is 65.6 Å². The van der Waals surface area contributed by atoms with Crippen molar-refractivity contribution in [2.75, 3.05) is 33.8 Å². The van der Waals surface area contributed by atoms with Crippen LogP contribution in [-0.4, -0.2) is 58.3 Å². The molecule has 11 heteroatoms. The molecule has 0 bridgehead atoms. The smallest absolute Gasteiger partial charge is 0.328 e. The van der Waals surface area contributed by atoms with Gasteiger partial charge in [0.05, 0.1) is 40.2 Å². The van der Waals surface area contributed by atoms with Crippen LogP contribution in [0.15, 0.2) is 59.4 Å². The van der Waals surface area contributed by atoms with Crippen LogP contribution < -0.4 is 35.6 Å². The molecule has 0 aliphatic heterocycles. The molecule has 3 aromatic carbocycles. The molecule has 1 aliphatic carbocycles. The van der Waals surface area contributed by atoms with E-state index in [9.17, 15) is 19.2 Å². The Balaban J connectivity index is 1.79. The maximum absolute atomic E-state index is 13.9. The summed E-state index contributed by atoms with van der Waals surface area (Å²) in [5.74, 6) is 0.167. The topological polar surface area (TPSA) is 141 Å². The van der Waals surface area contributed by atoms with Gasteiger partial charge in [-0.1, -0.05) is 50.2 Å². The third kappa shape index (κ3) is 8.26. The molecule has 3 unspecified atom stereocenters. The van der Waals surface area contributed by atoms with Crippen molar-refractivity contribution in [1.82, 2.24) is 10.6 Å². The molecule has 2 amide bonds. The highest BCUT2D eigenvalue weighted by Crippen LogP contribution is 2.50. The Bertz CT molecular complexity index is 1690. The molecule has 0 saturated heterocycles. The van der Waals surface area contributed by atoms with E-state index in [-0.39, 0.29) is 29.4 Å². The summed E-state index contributed by atoms with van der Waals surface area (Å²) < 4.78 is 22.1. The molecule has 0 aromatic heterocycles. The van der Waals surface area contributed by atoms with Gasteiger partial charge < -0.3 is 34.9 Å². The zero-order chi connectivity index (χ0) is 35.0. The Labute approximate surface area is 281 Å². The van der Waals surface area contributed by atoms with E-state index in [2.05, 4.69) is 16.0 Å². The minimum absolute atomic E-state index is 0.0750. The number of hydrogen-bond donors (Lipinski definition) is 3. The lowest BCUT2D eigenvalue weighted by atomic mass is 9.95. The average Bonchev–Trinajstić information content (AvgIpc) is 3.31. The third-order valence-electron chi connectivity index (χ3n) is 8.35. The van der Waals surface area contributed by atoms with Crippen LogP contribution >= 0.6 is 0 Å². The first-order chi connectivity index (χ1) is 23.0. The highest BCUT2D eigenvalue weighted by atomic mass is 16.5. The minimum atomic E-state index is -0.926. The number of esters is 1. The number of carbonyl (C=O) groups excluding carboxylic acids is 3. The molecule has 0 heterocycles. The molecule has 1 aliphatic rings. The Morgan fingerprint density at radius 1 is 0.896 bits per heavy atom. The van der Waals surface area contributed by atoms with Gasteiger partial charge in [0.1, 0.15) is 12.1 Å². The Morgan fingerprint density at radius 3 is 2.21 bits per heavy atom. The minimum Gasteiger partial charge on any atom is -0.493 e. The lowest BCUT2D eigenvalue weighted by Crippen LogP contribution is -2.49. The van der Waals surface area contributed by atoms with Crippen LogP contribution in [0.4, 0.5) is 5.69 Å². The van der Waals surface area contributed by atoms with E-state index >= 15 is 0 Å². The lowest BCUT2D eigenvalue weighted by Gasteiger charge is -2.24. The number of amides is 2. The summed E-state index contributed by atoms with van der Waals surface area (Å²) in [4.78, 5) is 52.7. The van der Waals surface area contributed by atoms with Crippen molar-refractivity contribution < 1.29 is 33.3 Å². The summed E-state index contributed by atoms with van der Waals surface area (Å²) in [7, 11) is 5.89. The number of carbonyl (C=O) groups is 3. The van der Waals surface area contributed by atoms with Crippen molar-refractivity contribution in [2.24, 2.45) is 5.92 Å². The van der Waals surface area contributed by atoms with Crippen molar-refractivity contribution in [3.8, 4) is 28.4 Å². The predicted octanol–water partition coefficient (Wildman–Crippen LogP) is 4.59. The number of anilines is 1. The summed E-state index contributed by atoms with van der Waals surface area (Å²) in [6, 6.07) is 13.9. The first-order valence-corrected chi connectivity index (χ1v) is 16.0. The normalized spacial score (nSPS) is 14.7. The van der Waals surface area contributed by atoms with Gasteiger partial charge in [-0.25, -0.2) is 4.79 Å². The van der Waals surface area contributed by atoms with Crippen molar-refractivity contribution in [3.63, 3.8) is 0 Å². The number of hydrogen-bond acceptors (Lipinski definition) is 9. The van der Waals surface area contributed by atoms with Gasteiger partial charge in [-0.15, -0.1) is 0 Å². The fourth-order valence-electron chi connectivity index (χ4n) is 6.18. The number of rotatable bonds is 13. The number of fused-ring (bicyclic) bond motifs is 3. The lowest BCUT2D eigenvalue weighted by molar-refractivity contribution is -0.145. The van der Waals surface area contributed by atoms with E-state index < -0.39 is 30.0 Å². The molecule has 0 saturated carbocycles. The van der Waals surface area contributed by atoms with E-state index in [1.807, 2.05) is 50.2 Å². The van der Waals surface area contributed by atoms with Gasteiger partial charge in [0.15, 0.2) is 11.5 Å². The van der Waals surface area contributed by atoms with Crippen molar-refractivity contribution in [1.29, 1.82) is 0 Å². The Morgan fingerprint density at radius 2 is 1.60 bits per heavy atom. The standard InChI is InChI=1S/C37H45N3O8/c1-21(2)17-29(36(43)40-30(37(44)48-7)18-23-11-9-8-10-12-23)39-28-16-14-25-26(20-31(28)42)27(38-22(3)41)15-13-24-19-32(45-4)34(46-5)35(47-6)33(24)25/h8-12,14,16,19-21,27,29-30H,13,15,17-18H2,1-7H3,(H,38,41)(H,39,42)(H,40,43). The summed E-state index contributed by atoms with van der Waals surface area (Å²) in [6.07, 6.45) is 1.70. The second-order valence-electron chi connectivity index (χ2n) is 12.2. The second-order valence-corrected chi connectivity index (χ2v) is 12.2. The number of methoxy groups -OCH3 is 4. The molecule has 48 heavy (non-hydrogen) atoms. The molecule has 0 spiro atoms. The van der Waals surface area contributed by atoms with Crippen LogP contribution in [0.3, 0.4) is 0 Å². The first-order valence-electron chi connectivity index (χ1n) is 16.0. The highest BCUT2D eigenvalue weighted by Gasteiger charge is 2.31. The molecule has 0 radical (unpaired) electrons. The van der Waals surface area contributed by atoms with Gasteiger partial charge in [0, 0.05) is 18.9 Å². The van der Waals surface area contributed by atoms with Crippen LogP contribution in [-0.2, 0) is 32.0 Å². The number of nitrogens with one attached hydrogen (secondary N) is 3. The van der Waals surface area contributed by atoms with Gasteiger partial charge in [0.2, 0.25) is 23.0 Å². The average molecular weight is 660 g/mol. The van der Waals surface area contributed by atoms with Crippen LogP contribution in [0.25, 0.3) is 11.1 Å². The third-order valence-corrected chi connectivity index (χ3v) is 8.35. The van der Waals surface area contributed by atoms with Crippen molar-refractivity contribution in [3.05, 3.63) is 81.5 Å². The van der Waals surface area contributed by atoms with Crippen LogP contribution in [0, 0.1) is 5.92 Å². The van der Waals surface area contributed by atoms with Crippen molar-refractivity contribution >= 4 is 23.5 Å². The highest BCUT2D eigenvalue weighted by molar-refractivity contribution is 5.90. The molecular weight excluding hydrogens is 614 g/mol. The number of ether oxygens (including phenoxy) is 4. The summed E-state index contributed by atoms with van der Waals surface area (Å²) in [5, 5.41) is 9.02. The van der Waals surface area contributed by atoms with Crippen LogP contribution in [0.1, 0.15) is 56.3 Å². The van der Waals surface area contributed by atoms with Gasteiger partial charge in [-0.3, -0.25) is 14.4 Å². The Hall–Kier alpha value is -5.06. The zero-order valence-electron chi connectivity index (χ0n) is 28.6. The Kier molecular flexibility index (Phi) is 12.1. The first kappa shape index (κ1) is 35.8. The van der Waals surface area contributed by atoms with E-state index in [1.165, 1.54) is 34.3 Å². The van der Waals surface area contributed by atoms with E-state index in [0.29, 0.717) is 47.6 Å². The summed E-state index contributed by atoms with van der Waals surface area (Å²) >= 11 is 0. The quantitative estimate of drug-likeness (QED) is 0.225. The fourth-order valence-corrected chi connectivity index (χ4v) is 6.18. The van der Waals surface area contributed by atoms with Gasteiger partial charge in [-0.2, -0.15) is 0 Å². The van der Waals surface area contributed by atoms with E-state index in [4.69, 9.17) is 18.9 Å². The molecule has 0 fully saturated rings. The molecule has 3 N–H and O–H groups in total. The molecule has 3 aromatic rings. The molecule has 4 rings (SSSR count). The predicted molar refractivity (Wildman–Crippen MR) is 184 cm³/mol. The number of benzene rings is 2. The van der Waals surface area contributed by atoms with E-state index in [0.717, 1.165) is 16.7 Å². The van der Waals surface area contributed by atoms with Gasteiger partial charge >= 0.3 is 5.97 Å². The SMILES string of the molecule is COC(=O)C(Cc1ccccc1)NC(=O)C(CC(C)C)Nc1ccc2c(cc1=O)C(NC(C)=O)CCc1cc(OC)c(OC)c(OC)c1-2. The molecule has 3 atom stereocenters. The molecular formula is C37H45N3O8. The van der Waals surface area contributed by atoms with Crippen LogP contribution in [0.2, 0.25) is 0 Å². The summed E-state index contributed by atoms with van der Waals surface area (Å²) in [5.41, 5.74) is 3.57. The fraction of sp³-hybridized carbons (Fsp3) is 0.405. The second kappa shape index (κ2) is 16.2.